The number of halogens is 2. The van der Waals surface area contributed by atoms with E-state index in [9.17, 15) is 9.18 Å². The number of rotatable bonds is 6. The summed E-state index contributed by atoms with van der Waals surface area (Å²) in [4.78, 5) is 12.0. The van der Waals surface area contributed by atoms with E-state index in [4.69, 9.17) is 21.1 Å². The van der Waals surface area contributed by atoms with Gasteiger partial charge in [0, 0.05) is 17.8 Å². The summed E-state index contributed by atoms with van der Waals surface area (Å²) in [5.74, 6) is -0.542. The van der Waals surface area contributed by atoms with Crippen LogP contribution >= 0.6 is 11.6 Å². The van der Waals surface area contributed by atoms with Gasteiger partial charge in [-0.3, -0.25) is 4.79 Å². The minimum Gasteiger partial charge on any atom is -0.491 e. The summed E-state index contributed by atoms with van der Waals surface area (Å²) in [6.45, 7) is 0.937. The largest absolute Gasteiger partial charge is 0.491 e. The van der Waals surface area contributed by atoms with Crippen molar-refractivity contribution >= 4 is 23.2 Å². The first-order chi connectivity index (χ1) is 10.6. The van der Waals surface area contributed by atoms with E-state index in [0.717, 1.165) is 6.07 Å². The van der Waals surface area contributed by atoms with Crippen molar-refractivity contribution in [2.24, 2.45) is 0 Å². The maximum atomic E-state index is 13.7. The van der Waals surface area contributed by atoms with E-state index < -0.39 is 11.7 Å². The molecule has 2 aromatic carbocycles. The van der Waals surface area contributed by atoms with Gasteiger partial charge in [-0.15, -0.1) is 0 Å². The SMILES string of the molecule is COCCOc1ccc(NC(=O)c2ccc(Cl)cc2F)cc1. The molecule has 0 unspecified atom stereocenters. The Labute approximate surface area is 132 Å². The quantitative estimate of drug-likeness (QED) is 0.823. The molecule has 22 heavy (non-hydrogen) atoms. The number of hydrogen-bond acceptors (Lipinski definition) is 3. The number of carbonyl (C=O) groups excluding carboxylic acids is 1. The Kier molecular flexibility index (Phi) is 5.75. The molecule has 0 saturated carbocycles. The molecule has 2 rings (SSSR count). The van der Waals surface area contributed by atoms with Gasteiger partial charge in [0.15, 0.2) is 0 Å². The van der Waals surface area contributed by atoms with Crippen LogP contribution < -0.4 is 10.1 Å². The van der Waals surface area contributed by atoms with E-state index in [0.29, 0.717) is 24.7 Å². The van der Waals surface area contributed by atoms with Gasteiger partial charge >= 0.3 is 0 Å². The monoisotopic (exact) mass is 323 g/mol. The molecule has 0 bridgehead atoms. The summed E-state index contributed by atoms with van der Waals surface area (Å²) < 4.78 is 24.0. The van der Waals surface area contributed by atoms with Crippen molar-refractivity contribution in [1.29, 1.82) is 0 Å². The highest BCUT2D eigenvalue weighted by molar-refractivity contribution is 6.30. The molecular weight excluding hydrogens is 309 g/mol. The molecule has 0 aliphatic carbocycles. The van der Waals surface area contributed by atoms with E-state index in [1.54, 1.807) is 31.4 Å². The summed E-state index contributed by atoms with van der Waals surface area (Å²) in [7, 11) is 1.60. The van der Waals surface area contributed by atoms with Crippen molar-refractivity contribution < 1.29 is 18.7 Å². The van der Waals surface area contributed by atoms with Gasteiger partial charge in [-0.05, 0) is 42.5 Å². The standard InChI is InChI=1S/C16H15ClFNO3/c1-21-8-9-22-13-5-3-12(4-6-13)19-16(20)14-7-2-11(17)10-15(14)18/h2-7,10H,8-9H2,1H3,(H,19,20). The second-order valence-corrected chi connectivity index (χ2v) is 4.88. The molecule has 0 fully saturated rings. The summed E-state index contributed by atoms with van der Waals surface area (Å²) in [6, 6.07) is 10.7. The molecule has 0 atom stereocenters. The number of amides is 1. The molecular formula is C16H15ClFNO3. The Morgan fingerprint density at radius 1 is 1.18 bits per heavy atom. The summed E-state index contributed by atoms with van der Waals surface area (Å²) in [5, 5.41) is 2.85. The van der Waals surface area contributed by atoms with Crippen LogP contribution in [0.2, 0.25) is 5.02 Å². The van der Waals surface area contributed by atoms with E-state index in [1.165, 1.54) is 12.1 Å². The van der Waals surface area contributed by atoms with Crippen molar-refractivity contribution in [1.82, 2.24) is 0 Å². The predicted octanol–water partition coefficient (Wildman–Crippen LogP) is 3.76. The van der Waals surface area contributed by atoms with Gasteiger partial charge < -0.3 is 14.8 Å². The van der Waals surface area contributed by atoms with E-state index in [-0.39, 0.29) is 10.6 Å². The van der Waals surface area contributed by atoms with Crippen molar-refractivity contribution in [2.45, 2.75) is 0 Å². The Bertz CT molecular complexity index is 646. The summed E-state index contributed by atoms with van der Waals surface area (Å²) in [5.41, 5.74) is 0.475. The van der Waals surface area contributed by atoms with Gasteiger partial charge in [0.2, 0.25) is 0 Å². The third-order valence-corrected chi connectivity index (χ3v) is 3.08. The molecule has 0 aliphatic rings. The molecule has 0 spiro atoms. The van der Waals surface area contributed by atoms with Crippen molar-refractivity contribution in [3.63, 3.8) is 0 Å². The van der Waals surface area contributed by atoms with Gasteiger partial charge in [0.05, 0.1) is 12.2 Å². The smallest absolute Gasteiger partial charge is 0.258 e. The Hall–Kier alpha value is -2.11. The van der Waals surface area contributed by atoms with Gasteiger partial charge in [-0.1, -0.05) is 11.6 Å². The average molecular weight is 324 g/mol. The number of hydrogen-bond donors (Lipinski definition) is 1. The zero-order valence-electron chi connectivity index (χ0n) is 11.9. The molecule has 4 nitrogen and oxygen atoms in total. The highest BCUT2D eigenvalue weighted by atomic mass is 35.5. The third-order valence-electron chi connectivity index (χ3n) is 2.84. The van der Waals surface area contributed by atoms with Crippen LogP contribution in [0.5, 0.6) is 5.75 Å². The highest BCUT2D eigenvalue weighted by Gasteiger charge is 2.12. The molecule has 2 aromatic rings. The lowest BCUT2D eigenvalue weighted by Crippen LogP contribution is -2.13. The summed E-state index contributed by atoms with van der Waals surface area (Å²) >= 11 is 5.66. The fourth-order valence-electron chi connectivity index (χ4n) is 1.75. The third kappa shape index (κ3) is 4.44. The van der Waals surface area contributed by atoms with Crippen LogP contribution in [0.1, 0.15) is 10.4 Å². The van der Waals surface area contributed by atoms with Gasteiger partial charge in [-0.25, -0.2) is 4.39 Å². The fraction of sp³-hybridized carbons (Fsp3) is 0.188. The zero-order chi connectivity index (χ0) is 15.9. The summed E-state index contributed by atoms with van der Waals surface area (Å²) in [6.07, 6.45) is 0. The number of methoxy groups -OCH3 is 1. The minimum atomic E-state index is -0.662. The second-order valence-electron chi connectivity index (χ2n) is 4.44. The second kappa shape index (κ2) is 7.77. The van der Waals surface area contributed by atoms with Crippen LogP contribution in [0.25, 0.3) is 0 Å². The van der Waals surface area contributed by atoms with Crippen molar-refractivity contribution in [3.8, 4) is 5.75 Å². The predicted molar refractivity (Wildman–Crippen MR) is 83.2 cm³/mol. The number of carbonyl (C=O) groups is 1. The van der Waals surface area contributed by atoms with E-state index >= 15 is 0 Å². The first kappa shape index (κ1) is 16.3. The normalized spacial score (nSPS) is 10.3. The molecule has 0 aromatic heterocycles. The first-order valence-electron chi connectivity index (χ1n) is 6.58. The number of nitrogens with one attached hydrogen (secondary N) is 1. The minimum absolute atomic E-state index is 0.0650. The van der Waals surface area contributed by atoms with Crippen LogP contribution in [0.4, 0.5) is 10.1 Å². The van der Waals surface area contributed by atoms with E-state index in [1.807, 2.05) is 0 Å². The van der Waals surface area contributed by atoms with Crippen LogP contribution in [-0.2, 0) is 4.74 Å². The number of benzene rings is 2. The molecule has 1 N–H and O–H groups in total. The van der Waals surface area contributed by atoms with Gasteiger partial charge in [0.1, 0.15) is 18.2 Å². The maximum absolute atomic E-state index is 13.7. The van der Waals surface area contributed by atoms with E-state index in [2.05, 4.69) is 5.32 Å². The van der Waals surface area contributed by atoms with Crippen LogP contribution in [0, 0.1) is 5.82 Å². The van der Waals surface area contributed by atoms with Gasteiger partial charge in [0.25, 0.3) is 5.91 Å². The lowest BCUT2D eigenvalue weighted by atomic mass is 10.2. The topological polar surface area (TPSA) is 47.6 Å². The Balaban J connectivity index is 1.99. The lowest BCUT2D eigenvalue weighted by Gasteiger charge is -2.08. The first-order valence-corrected chi connectivity index (χ1v) is 6.96. The van der Waals surface area contributed by atoms with Crippen molar-refractivity contribution in [3.05, 3.63) is 58.9 Å². The molecule has 0 saturated heterocycles. The van der Waals surface area contributed by atoms with Crippen LogP contribution in [-0.4, -0.2) is 26.2 Å². The molecule has 0 aliphatic heterocycles. The Morgan fingerprint density at radius 2 is 1.91 bits per heavy atom. The zero-order valence-corrected chi connectivity index (χ0v) is 12.7. The van der Waals surface area contributed by atoms with Crippen LogP contribution in [0.3, 0.4) is 0 Å². The average Bonchev–Trinajstić information content (AvgIpc) is 2.49. The molecule has 116 valence electrons. The molecule has 0 heterocycles. The maximum Gasteiger partial charge on any atom is 0.258 e. The molecule has 1 amide bonds. The number of ether oxygens (including phenoxy) is 2. The molecule has 6 heteroatoms. The molecule has 0 radical (unpaired) electrons. The number of anilines is 1. The lowest BCUT2D eigenvalue weighted by molar-refractivity contribution is 0.102. The fourth-order valence-corrected chi connectivity index (χ4v) is 1.91. The van der Waals surface area contributed by atoms with Gasteiger partial charge in [-0.2, -0.15) is 0 Å². The Morgan fingerprint density at radius 3 is 2.55 bits per heavy atom. The van der Waals surface area contributed by atoms with Crippen LogP contribution in [0.15, 0.2) is 42.5 Å². The highest BCUT2D eigenvalue weighted by Crippen LogP contribution is 2.19. The van der Waals surface area contributed by atoms with Crippen molar-refractivity contribution in [2.75, 3.05) is 25.6 Å².